The Kier molecular flexibility index (Phi) is 58.7. The number of hydrogen-bond donors (Lipinski definition) is 9. The Balaban J connectivity index is -0.000000257. The van der Waals surface area contributed by atoms with E-state index in [0.717, 1.165) is 24.8 Å². The molecule has 0 aliphatic heterocycles. The van der Waals surface area contributed by atoms with Gasteiger partial charge in [-0.1, -0.05) is 119 Å². The number of carbonyl (C=O) groups is 13. The molecule has 574 valence electrons. The number of benzene rings is 2. The second-order valence-corrected chi connectivity index (χ2v) is 25.3. The highest BCUT2D eigenvalue weighted by atomic mass is 16.6. The van der Waals surface area contributed by atoms with Gasteiger partial charge in [0, 0.05) is 6.54 Å². The SMILES string of the molecule is CCC(C)(C)C(=O)O.CCC(C)(C)C(=O)OCCC(=O)O.CCC(C)(C)C(=O)OCCOCCC(=O)O.CCC(C)(COC=O)C(=O)O.CCC(C)C(=O)O.CCC(C)C(=O)OCCC(=O)O.CCC(C)c1ccc(C(=O)O)cc1.CCC(C)c1ccc(CN(CC(=O)O)CC(=O)O)cc1. The van der Waals surface area contributed by atoms with Crippen molar-refractivity contribution in [3.05, 3.63) is 70.8 Å². The molecule has 0 bridgehead atoms. The van der Waals surface area contributed by atoms with E-state index in [0.29, 0.717) is 56.0 Å². The van der Waals surface area contributed by atoms with E-state index in [-0.39, 0.29) is 108 Å². The zero-order chi connectivity index (χ0) is 79.2. The minimum atomic E-state index is -1.03. The molecule has 0 aliphatic rings. The maximum atomic E-state index is 11.5. The summed E-state index contributed by atoms with van der Waals surface area (Å²) >= 11 is 0. The van der Waals surface area contributed by atoms with Crippen molar-refractivity contribution in [3.63, 3.8) is 0 Å². The summed E-state index contributed by atoms with van der Waals surface area (Å²) in [5.74, 6) is -8.34. The number of carbonyl (C=O) groups excluding carboxylic acids is 4. The molecule has 28 heteroatoms. The van der Waals surface area contributed by atoms with Crippen LogP contribution in [0.3, 0.4) is 0 Å². The van der Waals surface area contributed by atoms with Crippen molar-refractivity contribution in [2.24, 2.45) is 33.5 Å². The summed E-state index contributed by atoms with van der Waals surface area (Å²) in [7, 11) is 0. The van der Waals surface area contributed by atoms with Crippen molar-refractivity contribution in [2.75, 3.05) is 52.7 Å². The molecular formula is C72H119NO27. The molecule has 0 heterocycles. The van der Waals surface area contributed by atoms with Crippen molar-refractivity contribution >= 4 is 78.1 Å². The lowest BCUT2D eigenvalue weighted by atomic mass is 9.89. The molecule has 9 N–H and O–H groups in total. The fraction of sp³-hybridized carbons (Fsp3) is 0.653. The van der Waals surface area contributed by atoms with Crippen LogP contribution in [0.25, 0.3) is 0 Å². The maximum absolute atomic E-state index is 11.5. The Bertz CT molecular complexity index is 2690. The Morgan fingerprint density at radius 2 is 0.820 bits per heavy atom. The van der Waals surface area contributed by atoms with Crippen molar-refractivity contribution in [3.8, 4) is 0 Å². The van der Waals surface area contributed by atoms with Crippen LogP contribution in [0, 0.1) is 33.5 Å². The van der Waals surface area contributed by atoms with Crippen LogP contribution in [-0.4, -0.2) is 182 Å². The second kappa shape index (κ2) is 57.3. The average Bonchev–Trinajstić information content (AvgIpc) is 0.900. The lowest BCUT2D eigenvalue weighted by Crippen LogP contribution is -2.33. The van der Waals surface area contributed by atoms with Gasteiger partial charge in [0.25, 0.3) is 6.47 Å². The summed E-state index contributed by atoms with van der Waals surface area (Å²) in [6.07, 6.45) is 5.79. The molecule has 5 atom stereocenters. The number of esters is 3. The van der Waals surface area contributed by atoms with Crippen LogP contribution in [0.4, 0.5) is 0 Å². The monoisotopic (exact) mass is 1430 g/mol. The first-order valence-electron chi connectivity index (χ1n) is 33.3. The summed E-state index contributed by atoms with van der Waals surface area (Å²) in [4.78, 5) is 138. The molecule has 28 nitrogen and oxygen atoms in total. The van der Waals surface area contributed by atoms with Crippen molar-refractivity contribution < 1.29 is 132 Å². The van der Waals surface area contributed by atoms with Crippen LogP contribution in [-0.2, 0) is 87.8 Å². The van der Waals surface area contributed by atoms with Crippen LogP contribution >= 0.6 is 0 Å². The highest BCUT2D eigenvalue weighted by Gasteiger charge is 2.32. The Labute approximate surface area is 590 Å². The van der Waals surface area contributed by atoms with Crippen LogP contribution in [0.15, 0.2) is 48.5 Å². The zero-order valence-electron chi connectivity index (χ0n) is 62.5. The molecule has 2 rings (SSSR count). The summed E-state index contributed by atoms with van der Waals surface area (Å²) < 4.78 is 23.8. The lowest BCUT2D eigenvalue weighted by Gasteiger charge is -2.20. The molecule has 100 heavy (non-hydrogen) atoms. The molecule has 0 amide bonds. The Morgan fingerprint density at radius 1 is 0.440 bits per heavy atom. The minimum Gasteiger partial charge on any atom is -0.481 e. The molecule has 0 aromatic heterocycles. The van der Waals surface area contributed by atoms with Crippen LogP contribution in [0.1, 0.15) is 241 Å². The summed E-state index contributed by atoms with van der Waals surface area (Å²) in [6, 6.07) is 15.0. The van der Waals surface area contributed by atoms with E-state index in [2.05, 4.69) is 37.2 Å². The van der Waals surface area contributed by atoms with Crippen molar-refractivity contribution in [1.29, 1.82) is 0 Å². The lowest BCUT2D eigenvalue weighted by molar-refractivity contribution is -0.156. The van der Waals surface area contributed by atoms with E-state index in [4.69, 9.17) is 60.2 Å². The average molecular weight is 1430 g/mol. The van der Waals surface area contributed by atoms with Gasteiger partial charge in [-0.3, -0.25) is 62.4 Å². The van der Waals surface area contributed by atoms with Gasteiger partial charge in [-0.25, -0.2) is 4.79 Å². The van der Waals surface area contributed by atoms with E-state index in [1.807, 2.05) is 84.9 Å². The summed E-state index contributed by atoms with van der Waals surface area (Å²) in [5.41, 5.74) is 1.24. The Hall–Kier alpha value is -8.53. The first-order valence-corrected chi connectivity index (χ1v) is 33.3. The molecular weight excluding hydrogens is 1310 g/mol. The third-order valence-corrected chi connectivity index (χ3v) is 15.8. The number of carboxylic acid groups (broad SMARTS) is 9. The smallest absolute Gasteiger partial charge is 0.335 e. The molecule has 0 aliphatic carbocycles. The quantitative estimate of drug-likeness (QED) is 0.0130. The third kappa shape index (κ3) is 54.4. The molecule has 0 saturated heterocycles. The predicted molar refractivity (Wildman–Crippen MR) is 373 cm³/mol. The molecule has 2 aromatic rings. The largest absolute Gasteiger partial charge is 0.481 e. The molecule has 0 fully saturated rings. The van der Waals surface area contributed by atoms with Gasteiger partial charge in [-0.2, -0.15) is 0 Å². The van der Waals surface area contributed by atoms with Gasteiger partial charge >= 0.3 is 71.6 Å². The number of hydrogen-bond acceptors (Lipinski definition) is 19. The zero-order valence-corrected chi connectivity index (χ0v) is 62.5. The number of aromatic carboxylic acids is 1. The third-order valence-electron chi connectivity index (χ3n) is 15.8. The molecule has 0 saturated carbocycles. The normalized spacial score (nSPS) is 12.3. The van der Waals surface area contributed by atoms with E-state index < -0.39 is 75.4 Å². The van der Waals surface area contributed by atoms with Gasteiger partial charge in [-0.15, -0.1) is 0 Å². The van der Waals surface area contributed by atoms with Crippen LogP contribution in [0.5, 0.6) is 0 Å². The number of nitrogens with zero attached hydrogens (tertiary/aromatic N) is 1. The van der Waals surface area contributed by atoms with E-state index in [1.54, 1.807) is 67.5 Å². The van der Waals surface area contributed by atoms with E-state index in [1.165, 1.54) is 16.0 Å². The van der Waals surface area contributed by atoms with Gasteiger partial charge in [-0.05, 0) is 140 Å². The van der Waals surface area contributed by atoms with Gasteiger partial charge in [0.05, 0.1) is 84.6 Å². The van der Waals surface area contributed by atoms with E-state index >= 15 is 0 Å². The topological polar surface area (TPSA) is 453 Å². The van der Waals surface area contributed by atoms with Gasteiger partial charge < -0.3 is 69.6 Å². The molecule has 0 radical (unpaired) electrons. The molecule has 2 aromatic carbocycles. The minimum absolute atomic E-state index is 0.0293. The summed E-state index contributed by atoms with van der Waals surface area (Å²) in [6.45, 7) is 35.7. The van der Waals surface area contributed by atoms with Gasteiger partial charge in [0.1, 0.15) is 26.4 Å². The van der Waals surface area contributed by atoms with Crippen LogP contribution < -0.4 is 0 Å². The second-order valence-electron chi connectivity index (χ2n) is 25.3. The highest BCUT2D eigenvalue weighted by Crippen LogP contribution is 2.24. The Morgan fingerprint density at radius 3 is 1.11 bits per heavy atom. The number of carboxylic acids is 9. The number of rotatable bonds is 38. The molecule has 0 spiro atoms. The fourth-order valence-corrected chi connectivity index (χ4v) is 5.96. The number of ether oxygens (including phenoxy) is 5. The van der Waals surface area contributed by atoms with Crippen molar-refractivity contribution in [2.45, 2.75) is 221 Å². The highest BCUT2D eigenvalue weighted by molar-refractivity contribution is 5.87. The maximum Gasteiger partial charge on any atom is 0.335 e. The fourth-order valence-electron chi connectivity index (χ4n) is 5.96. The predicted octanol–water partition coefficient (Wildman–Crippen LogP) is 12.3. The van der Waals surface area contributed by atoms with E-state index in [9.17, 15) is 62.3 Å². The van der Waals surface area contributed by atoms with Gasteiger partial charge in [0.2, 0.25) is 0 Å². The van der Waals surface area contributed by atoms with Crippen LogP contribution in [0.2, 0.25) is 0 Å². The standard InChI is InChI=1S/C15H21NO4.C11H20O5.C11H14O2.C9H16O4.C8H14O4.C7H12O4.C6H12O2.C5H10O2/c1-3-11(2)13-6-4-12(5-7-13)8-16(9-14(17)18)10-15(19)20;1-4-11(2,3)10(14)16-8-7-15-6-5-9(12)13;1-3-8(2)9-4-6-10(7-5-9)11(12)13;1-4-9(2,3)8(12)13-6-5-7(10)11;1-3-6(2)8(11)12-5-4-7(9)10;1-3-7(2,6(9)10)4-11-5-8;1-4-6(2,3)5(7)8;1-3-4(2)5(6)7/h4-7,11H,3,8-10H2,1-2H3,(H,17,18)(H,19,20);4-8H2,1-3H3,(H,12,13);4-8H,3H2,1-2H3,(H,12,13);4-6H2,1-3H3,(H,10,11);6H,3-5H2,1-2H3,(H,9,10);5H,3-4H2,1-2H3,(H,9,10);4H2,1-3H3,(H,7,8);4H,3H2,1-2H3,(H,6,7). The first kappa shape index (κ1) is 102. The number of aliphatic carboxylic acids is 8. The molecule has 5 unspecified atom stereocenters. The van der Waals surface area contributed by atoms with Crippen molar-refractivity contribution in [1.82, 2.24) is 4.90 Å². The summed E-state index contributed by atoms with van der Waals surface area (Å²) in [5, 5.41) is 76.4. The van der Waals surface area contributed by atoms with Gasteiger partial charge in [0.15, 0.2) is 0 Å². The first-order chi connectivity index (χ1) is 46.2.